The molecule has 2 atom stereocenters. The van der Waals surface area contributed by atoms with Gasteiger partial charge in [-0.3, -0.25) is 9.59 Å². The van der Waals surface area contributed by atoms with Crippen LogP contribution in [0.25, 0.3) is 5.57 Å². The SMILES string of the molecule is CCOc1ccc(C2=C(N3CC(C)OC(C)C3)C(=O)N(c3ccc(C)c(C)c3)C2=O)cc1. The molecule has 2 heterocycles. The van der Waals surface area contributed by atoms with Gasteiger partial charge < -0.3 is 14.4 Å². The number of hydrogen-bond donors (Lipinski definition) is 0. The molecule has 0 radical (unpaired) electrons. The molecule has 2 aliphatic rings. The number of imide groups is 1. The lowest BCUT2D eigenvalue weighted by atomic mass is 10.0. The quantitative estimate of drug-likeness (QED) is 0.664. The summed E-state index contributed by atoms with van der Waals surface area (Å²) in [5.41, 5.74) is 4.32. The van der Waals surface area contributed by atoms with Crippen molar-refractivity contribution in [2.75, 3.05) is 24.6 Å². The van der Waals surface area contributed by atoms with Gasteiger partial charge in [0.2, 0.25) is 0 Å². The van der Waals surface area contributed by atoms with Gasteiger partial charge in [-0.25, -0.2) is 4.90 Å². The summed E-state index contributed by atoms with van der Waals surface area (Å²) in [5.74, 6) is 0.141. The summed E-state index contributed by atoms with van der Waals surface area (Å²) in [5, 5.41) is 0. The maximum absolute atomic E-state index is 13.7. The zero-order chi connectivity index (χ0) is 23.0. The standard InChI is InChI=1S/C26H30N2O4/c1-6-31-22-11-8-20(9-12-22)23-24(27-14-18(4)32-19(5)15-27)26(30)28(25(23)29)21-10-7-16(2)17(3)13-21/h7-13,18-19H,6,14-15H2,1-5H3. The van der Waals surface area contributed by atoms with Crippen LogP contribution < -0.4 is 9.64 Å². The van der Waals surface area contributed by atoms with Crippen LogP contribution in [0.1, 0.15) is 37.5 Å². The lowest BCUT2D eigenvalue weighted by Gasteiger charge is -2.37. The monoisotopic (exact) mass is 434 g/mol. The highest BCUT2D eigenvalue weighted by molar-refractivity contribution is 6.45. The summed E-state index contributed by atoms with van der Waals surface area (Å²) in [4.78, 5) is 30.7. The Kier molecular flexibility index (Phi) is 6.07. The molecule has 0 N–H and O–H groups in total. The van der Waals surface area contributed by atoms with Crippen LogP contribution in [0, 0.1) is 13.8 Å². The number of carbonyl (C=O) groups is 2. The van der Waals surface area contributed by atoms with E-state index in [2.05, 4.69) is 0 Å². The normalized spacial score (nSPS) is 21.5. The van der Waals surface area contributed by atoms with Crippen molar-refractivity contribution in [3.8, 4) is 5.75 Å². The number of carbonyl (C=O) groups excluding carboxylic acids is 2. The number of anilines is 1. The van der Waals surface area contributed by atoms with Crippen molar-refractivity contribution < 1.29 is 19.1 Å². The Labute approximate surface area is 189 Å². The molecule has 6 heteroatoms. The lowest BCUT2D eigenvalue weighted by molar-refractivity contribution is -0.121. The number of hydrogen-bond acceptors (Lipinski definition) is 5. The van der Waals surface area contributed by atoms with Gasteiger partial charge in [-0.2, -0.15) is 0 Å². The summed E-state index contributed by atoms with van der Waals surface area (Å²) in [6, 6.07) is 13.1. The fraction of sp³-hybridized carbons (Fsp3) is 0.385. The Hall–Kier alpha value is -3.12. The minimum atomic E-state index is -0.302. The van der Waals surface area contributed by atoms with E-state index in [0.717, 1.165) is 16.9 Å². The Morgan fingerprint density at radius 2 is 1.59 bits per heavy atom. The van der Waals surface area contributed by atoms with Gasteiger partial charge in [0.15, 0.2) is 0 Å². The third-order valence-corrected chi connectivity index (χ3v) is 6.00. The molecule has 0 spiro atoms. The van der Waals surface area contributed by atoms with E-state index >= 15 is 0 Å². The summed E-state index contributed by atoms with van der Waals surface area (Å²) in [6.45, 7) is 11.6. The van der Waals surface area contributed by atoms with Crippen molar-refractivity contribution in [1.29, 1.82) is 0 Å². The molecule has 1 saturated heterocycles. The molecule has 2 aromatic rings. The second kappa shape index (κ2) is 8.79. The maximum atomic E-state index is 13.7. The van der Waals surface area contributed by atoms with E-state index in [9.17, 15) is 9.59 Å². The molecule has 0 aromatic heterocycles. The van der Waals surface area contributed by atoms with Gasteiger partial charge in [0, 0.05) is 13.1 Å². The summed E-state index contributed by atoms with van der Waals surface area (Å²) < 4.78 is 11.4. The fourth-order valence-electron chi connectivity index (χ4n) is 4.42. The number of ether oxygens (including phenoxy) is 2. The van der Waals surface area contributed by atoms with E-state index in [1.54, 1.807) is 0 Å². The number of benzene rings is 2. The summed E-state index contributed by atoms with van der Waals surface area (Å²) in [7, 11) is 0. The Morgan fingerprint density at radius 1 is 0.938 bits per heavy atom. The first-order valence-electron chi connectivity index (χ1n) is 11.1. The second-order valence-electron chi connectivity index (χ2n) is 8.56. The highest BCUT2D eigenvalue weighted by atomic mass is 16.5. The molecular weight excluding hydrogens is 404 g/mol. The highest BCUT2D eigenvalue weighted by Gasteiger charge is 2.44. The van der Waals surface area contributed by atoms with E-state index in [0.29, 0.717) is 42.2 Å². The second-order valence-corrected chi connectivity index (χ2v) is 8.56. The predicted octanol–water partition coefficient (Wildman–Crippen LogP) is 4.10. The maximum Gasteiger partial charge on any atom is 0.282 e. The molecular formula is C26H30N2O4. The van der Waals surface area contributed by atoms with Crippen molar-refractivity contribution in [3.05, 3.63) is 64.9 Å². The minimum absolute atomic E-state index is 0.0357. The third-order valence-electron chi connectivity index (χ3n) is 6.00. The number of nitrogens with zero attached hydrogens (tertiary/aromatic N) is 2. The number of morpholine rings is 1. The minimum Gasteiger partial charge on any atom is -0.494 e. The van der Waals surface area contributed by atoms with E-state index in [-0.39, 0.29) is 24.0 Å². The number of rotatable bonds is 5. The average Bonchev–Trinajstić information content (AvgIpc) is 3.00. The molecule has 2 aromatic carbocycles. The van der Waals surface area contributed by atoms with Crippen LogP contribution in [0.4, 0.5) is 5.69 Å². The smallest absolute Gasteiger partial charge is 0.282 e. The van der Waals surface area contributed by atoms with Gasteiger partial charge >= 0.3 is 0 Å². The Morgan fingerprint density at radius 3 is 2.19 bits per heavy atom. The molecule has 2 unspecified atom stereocenters. The number of amides is 2. The van der Waals surface area contributed by atoms with Crippen LogP contribution in [0.2, 0.25) is 0 Å². The Balaban J connectivity index is 1.81. The molecule has 0 aliphatic carbocycles. The Bertz CT molecular complexity index is 1060. The van der Waals surface area contributed by atoms with E-state index in [1.165, 1.54) is 4.90 Å². The predicted molar refractivity (Wildman–Crippen MR) is 125 cm³/mol. The highest BCUT2D eigenvalue weighted by Crippen LogP contribution is 2.37. The van der Waals surface area contributed by atoms with Gasteiger partial charge in [-0.15, -0.1) is 0 Å². The van der Waals surface area contributed by atoms with Crippen LogP contribution in [0.5, 0.6) is 5.75 Å². The molecule has 32 heavy (non-hydrogen) atoms. The zero-order valence-corrected chi connectivity index (χ0v) is 19.3. The van der Waals surface area contributed by atoms with Crippen LogP contribution in [-0.4, -0.2) is 48.6 Å². The first-order chi connectivity index (χ1) is 15.3. The van der Waals surface area contributed by atoms with Crippen molar-refractivity contribution in [2.24, 2.45) is 0 Å². The number of aryl methyl sites for hydroxylation is 2. The van der Waals surface area contributed by atoms with E-state index in [4.69, 9.17) is 9.47 Å². The van der Waals surface area contributed by atoms with E-state index in [1.807, 2.05) is 82.0 Å². The molecule has 4 rings (SSSR count). The van der Waals surface area contributed by atoms with Gasteiger partial charge in [0.1, 0.15) is 11.4 Å². The van der Waals surface area contributed by atoms with E-state index < -0.39 is 0 Å². The molecule has 0 saturated carbocycles. The van der Waals surface area contributed by atoms with Gasteiger partial charge in [-0.1, -0.05) is 18.2 Å². The lowest BCUT2D eigenvalue weighted by Crippen LogP contribution is -2.47. The molecule has 2 amide bonds. The van der Waals surface area contributed by atoms with Crippen molar-refractivity contribution in [1.82, 2.24) is 4.90 Å². The molecule has 6 nitrogen and oxygen atoms in total. The van der Waals surface area contributed by atoms with Crippen LogP contribution in [-0.2, 0) is 14.3 Å². The van der Waals surface area contributed by atoms with Gasteiger partial charge in [-0.05, 0) is 75.6 Å². The molecule has 2 aliphatic heterocycles. The van der Waals surface area contributed by atoms with Crippen LogP contribution >= 0.6 is 0 Å². The zero-order valence-electron chi connectivity index (χ0n) is 19.3. The van der Waals surface area contributed by atoms with Crippen LogP contribution in [0.3, 0.4) is 0 Å². The summed E-state index contributed by atoms with van der Waals surface area (Å²) >= 11 is 0. The van der Waals surface area contributed by atoms with Gasteiger partial charge in [0.05, 0.1) is 30.1 Å². The largest absolute Gasteiger partial charge is 0.494 e. The van der Waals surface area contributed by atoms with Gasteiger partial charge in [0.25, 0.3) is 11.8 Å². The van der Waals surface area contributed by atoms with Crippen molar-refractivity contribution in [3.63, 3.8) is 0 Å². The van der Waals surface area contributed by atoms with Crippen molar-refractivity contribution >= 4 is 23.1 Å². The topological polar surface area (TPSA) is 59.1 Å². The third kappa shape index (κ3) is 4.02. The molecule has 0 bridgehead atoms. The first kappa shape index (κ1) is 22.1. The first-order valence-corrected chi connectivity index (χ1v) is 11.1. The fourth-order valence-corrected chi connectivity index (χ4v) is 4.42. The molecule has 1 fully saturated rings. The van der Waals surface area contributed by atoms with Crippen LogP contribution in [0.15, 0.2) is 48.2 Å². The summed E-state index contributed by atoms with van der Waals surface area (Å²) in [6.07, 6.45) is -0.0715. The average molecular weight is 435 g/mol. The van der Waals surface area contributed by atoms with Crippen molar-refractivity contribution in [2.45, 2.75) is 46.8 Å². The molecule has 168 valence electrons.